The summed E-state index contributed by atoms with van der Waals surface area (Å²) in [6, 6.07) is 0. The number of aryl methyl sites for hydroxylation is 3. The molecule has 0 aliphatic carbocycles. The maximum atomic E-state index is 5.96. The molecule has 0 saturated carbocycles. The highest BCUT2D eigenvalue weighted by Crippen LogP contribution is 2.31. The zero-order valence-electron chi connectivity index (χ0n) is 9.48. The highest BCUT2D eigenvalue weighted by Gasteiger charge is 2.14. The van der Waals surface area contributed by atoms with Crippen molar-refractivity contribution in [2.24, 2.45) is 0 Å². The summed E-state index contributed by atoms with van der Waals surface area (Å²) in [5.41, 5.74) is 7.51. The van der Waals surface area contributed by atoms with E-state index in [2.05, 4.69) is 20.3 Å². The smallest absolute Gasteiger partial charge is 0.214 e. The monoisotopic (exact) mass is 238 g/mol. The number of H-pyrrole nitrogens is 1. The summed E-state index contributed by atoms with van der Waals surface area (Å²) in [7, 11) is 0. The van der Waals surface area contributed by atoms with Crippen molar-refractivity contribution in [1.29, 1.82) is 0 Å². The summed E-state index contributed by atoms with van der Waals surface area (Å²) in [6.07, 6.45) is 0. The Balaban J connectivity index is 2.33. The van der Waals surface area contributed by atoms with Crippen LogP contribution in [0.15, 0.2) is 10.2 Å². The maximum Gasteiger partial charge on any atom is 0.214 e. The minimum atomic E-state index is 0.666. The van der Waals surface area contributed by atoms with E-state index >= 15 is 0 Å². The van der Waals surface area contributed by atoms with Crippen molar-refractivity contribution in [3.63, 3.8) is 0 Å². The topological polar surface area (TPSA) is 85.4 Å². The van der Waals surface area contributed by atoms with E-state index in [1.165, 1.54) is 11.8 Å². The molecular weight excluding hydrogens is 224 g/mol. The Hall–Kier alpha value is -1.50. The van der Waals surface area contributed by atoms with Crippen LogP contribution in [0.5, 0.6) is 0 Å². The molecule has 0 fully saturated rings. The van der Waals surface area contributed by atoms with Gasteiger partial charge in [-0.25, -0.2) is 4.98 Å². The number of nitrogens with one attached hydrogen (secondary N) is 1. The minimum absolute atomic E-state index is 0.666. The zero-order valence-corrected chi connectivity index (χ0v) is 10.3. The normalized spacial score (nSPS) is 10.9. The van der Waals surface area contributed by atoms with Crippen LogP contribution in [0.2, 0.25) is 0 Å². The highest BCUT2D eigenvalue weighted by molar-refractivity contribution is 7.99. The second-order valence-corrected chi connectivity index (χ2v) is 4.38. The lowest BCUT2D eigenvalue weighted by Crippen LogP contribution is -1.99. The SMILES string of the molecule is CCn1nc(C)c(N)c1Sc1n[nH]c(C)n1. The predicted octanol–water partition coefficient (Wildman–Crippen LogP) is 1.37. The molecule has 0 aliphatic heterocycles. The Morgan fingerprint density at radius 2 is 2.19 bits per heavy atom. The van der Waals surface area contributed by atoms with Gasteiger partial charge >= 0.3 is 0 Å². The average Bonchev–Trinajstić information content (AvgIpc) is 2.77. The summed E-state index contributed by atoms with van der Waals surface area (Å²) in [6.45, 7) is 6.57. The summed E-state index contributed by atoms with van der Waals surface area (Å²) in [4.78, 5) is 4.23. The van der Waals surface area contributed by atoms with Gasteiger partial charge in [0.25, 0.3) is 0 Å². The van der Waals surface area contributed by atoms with E-state index < -0.39 is 0 Å². The molecule has 0 saturated heterocycles. The van der Waals surface area contributed by atoms with E-state index in [9.17, 15) is 0 Å². The fourth-order valence-corrected chi connectivity index (χ4v) is 2.33. The molecule has 2 aromatic rings. The van der Waals surface area contributed by atoms with E-state index in [-0.39, 0.29) is 0 Å². The quantitative estimate of drug-likeness (QED) is 0.843. The van der Waals surface area contributed by atoms with Gasteiger partial charge in [-0.1, -0.05) is 0 Å². The molecule has 0 spiro atoms. The van der Waals surface area contributed by atoms with E-state index in [1.807, 2.05) is 25.5 Å². The summed E-state index contributed by atoms with van der Waals surface area (Å²) in [5.74, 6) is 0.792. The Morgan fingerprint density at radius 1 is 1.44 bits per heavy atom. The molecule has 2 aromatic heterocycles. The lowest BCUT2D eigenvalue weighted by atomic mass is 10.4. The van der Waals surface area contributed by atoms with Crippen molar-refractivity contribution < 1.29 is 0 Å². The van der Waals surface area contributed by atoms with Crippen LogP contribution in [-0.4, -0.2) is 25.0 Å². The van der Waals surface area contributed by atoms with E-state index in [1.54, 1.807) is 0 Å². The summed E-state index contributed by atoms with van der Waals surface area (Å²) < 4.78 is 1.86. The first-order valence-electron chi connectivity index (χ1n) is 5.01. The number of rotatable bonds is 3. The molecule has 0 atom stereocenters. The first-order chi connectivity index (χ1) is 7.61. The zero-order chi connectivity index (χ0) is 11.7. The van der Waals surface area contributed by atoms with Gasteiger partial charge in [0, 0.05) is 6.54 Å². The first-order valence-corrected chi connectivity index (χ1v) is 5.83. The van der Waals surface area contributed by atoms with Gasteiger partial charge in [0.15, 0.2) is 0 Å². The number of nitrogens with zero attached hydrogens (tertiary/aromatic N) is 4. The molecule has 2 heterocycles. The molecule has 7 heteroatoms. The molecule has 2 rings (SSSR count). The van der Waals surface area contributed by atoms with Crippen molar-refractivity contribution in [3.8, 4) is 0 Å². The number of hydrogen-bond acceptors (Lipinski definition) is 5. The van der Waals surface area contributed by atoms with E-state index in [4.69, 9.17) is 5.73 Å². The molecule has 0 unspecified atom stereocenters. The third kappa shape index (κ3) is 1.90. The number of aromatic amines is 1. The largest absolute Gasteiger partial charge is 0.395 e. The number of hydrogen-bond donors (Lipinski definition) is 2. The van der Waals surface area contributed by atoms with Gasteiger partial charge in [-0.2, -0.15) is 5.10 Å². The van der Waals surface area contributed by atoms with Crippen LogP contribution in [0.1, 0.15) is 18.4 Å². The van der Waals surface area contributed by atoms with Crippen LogP contribution >= 0.6 is 11.8 Å². The molecule has 0 aliphatic rings. The number of nitrogens with two attached hydrogens (primary N) is 1. The number of aromatic nitrogens is 5. The molecule has 0 aromatic carbocycles. The Morgan fingerprint density at radius 3 is 2.75 bits per heavy atom. The van der Waals surface area contributed by atoms with Crippen molar-refractivity contribution >= 4 is 17.4 Å². The van der Waals surface area contributed by atoms with Crippen molar-refractivity contribution in [1.82, 2.24) is 25.0 Å². The lowest BCUT2D eigenvalue weighted by molar-refractivity contribution is 0.601. The fourth-order valence-electron chi connectivity index (χ4n) is 1.35. The summed E-state index contributed by atoms with van der Waals surface area (Å²) >= 11 is 1.43. The Labute approximate surface area is 97.6 Å². The highest BCUT2D eigenvalue weighted by atomic mass is 32.2. The van der Waals surface area contributed by atoms with Crippen molar-refractivity contribution in [2.45, 2.75) is 37.5 Å². The van der Waals surface area contributed by atoms with Gasteiger partial charge < -0.3 is 5.73 Å². The van der Waals surface area contributed by atoms with Crippen LogP contribution in [0.25, 0.3) is 0 Å². The van der Waals surface area contributed by atoms with Crippen LogP contribution in [0, 0.1) is 13.8 Å². The lowest BCUT2D eigenvalue weighted by Gasteiger charge is -2.01. The van der Waals surface area contributed by atoms with Crippen molar-refractivity contribution in [2.75, 3.05) is 5.73 Å². The molecular formula is C9H14N6S. The number of anilines is 1. The van der Waals surface area contributed by atoms with Crippen LogP contribution in [0.4, 0.5) is 5.69 Å². The van der Waals surface area contributed by atoms with Gasteiger partial charge in [0.05, 0.1) is 11.4 Å². The fraction of sp³-hybridized carbons (Fsp3) is 0.444. The Bertz CT molecular complexity index is 500. The van der Waals surface area contributed by atoms with E-state index in [0.717, 1.165) is 23.1 Å². The molecule has 16 heavy (non-hydrogen) atoms. The minimum Gasteiger partial charge on any atom is -0.395 e. The van der Waals surface area contributed by atoms with Gasteiger partial charge in [-0.05, 0) is 32.5 Å². The average molecular weight is 238 g/mol. The van der Waals surface area contributed by atoms with Crippen LogP contribution in [0.3, 0.4) is 0 Å². The molecule has 86 valence electrons. The molecule has 0 amide bonds. The molecule has 0 radical (unpaired) electrons. The van der Waals surface area contributed by atoms with Crippen molar-refractivity contribution in [3.05, 3.63) is 11.5 Å². The molecule has 3 N–H and O–H groups in total. The van der Waals surface area contributed by atoms with E-state index in [0.29, 0.717) is 10.8 Å². The second kappa shape index (κ2) is 4.17. The van der Waals surface area contributed by atoms with Crippen LogP contribution in [-0.2, 0) is 6.54 Å². The third-order valence-corrected chi connectivity index (χ3v) is 3.18. The van der Waals surface area contributed by atoms with Crippen LogP contribution < -0.4 is 5.73 Å². The van der Waals surface area contributed by atoms with Gasteiger partial charge in [0.1, 0.15) is 10.9 Å². The third-order valence-electron chi connectivity index (χ3n) is 2.19. The predicted molar refractivity (Wildman–Crippen MR) is 62.3 cm³/mol. The second-order valence-electron chi connectivity index (χ2n) is 3.43. The van der Waals surface area contributed by atoms with Gasteiger partial charge in [0.2, 0.25) is 5.16 Å². The van der Waals surface area contributed by atoms with Gasteiger partial charge in [-0.15, -0.1) is 5.10 Å². The Kier molecular flexibility index (Phi) is 2.86. The van der Waals surface area contributed by atoms with Gasteiger partial charge in [-0.3, -0.25) is 9.78 Å². The molecule has 6 nitrogen and oxygen atoms in total. The standard InChI is InChI=1S/C9H14N6S/c1-4-15-8(7(10)5(2)14-15)16-9-11-6(3)12-13-9/h4,10H2,1-3H3,(H,11,12,13). The molecule has 0 bridgehead atoms. The summed E-state index contributed by atoms with van der Waals surface area (Å²) in [5, 5.41) is 12.8. The first kappa shape index (κ1) is 11.0. The maximum absolute atomic E-state index is 5.96. The number of nitrogen functional groups attached to an aromatic ring is 1.